The van der Waals surface area contributed by atoms with Crippen molar-refractivity contribution in [3.05, 3.63) is 23.2 Å². The van der Waals surface area contributed by atoms with E-state index >= 15 is 0 Å². The van der Waals surface area contributed by atoms with Crippen molar-refractivity contribution >= 4 is 35.0 Å². The Hall–Kier alpha value is -0.870. The van der Waals surface area contributed by atoms with Crippen molar-refractivity contribution in [1.82, 2.24) is 4.90 Å². The molecule has 19 heavy (non-hydrogen) atoms. The molecule has 0 aliphatic carbocycles. The summed E-state index contributed by atoms with van der Waals surface area (Å²) < 4.78 is 0. The zero-order valence-corrected chi connectivity index (χ0v) is 12.6. The number of carbonyl (C=O) groups excluding carboxylic acids is 1. The van der Waals surface area contributed by atoms with E-state index in [1.54, 1.807) is 12.1 Å². The van der Waals surface area contributed by atoms with Crippen molar-refractivity contribution in [3.8, 4) is 0 Å². The third kappa shape index (κ3) is 4.05. The lowest BCUT2D eigenvalue weighted by Crippen LogP contribution is -2.40. The minimum absolute atomic E-state index is 0.191. The summed E-state index contributed by atoms with van der Waals surface area (Å²) in [5.74, 6) is 1.23. The molecule has 1 aromatic carbocycles. The third-order valence-electron chi connectivity index (χ3n) is 3.34. The van der Waals surface area contributed by atoms with Crippen LogP contribution in [0.25, 0.3) is 0 Å². The molecule has 1 aliphatic heterocycles. The Kier molecular flexibility index (Phi) is 4.99. The average molecular weight is 299 g/mol. The van der Waals surface area contributed by atoms with E-state index < -0.39 is 0 Å². The number of hydrogen-bond acceptors (Lipinski definition) is 3. The van der Waals surface area contributed by atoms with Crippen molar-refractivity contribution in [2.24, 2.45) is 5.92 Å². The molecule has 1 heterocycles. The smallest absolute Gasteiger partial charge is 0.232 e. The number of benzene rings is 1. The highest BCUT2D eigenvalue weighted by atomic mass is 35.5. The van der Waals surface area contributed by atoms with Gasteiger partial charge in [0.05, 0.1) is 5.75 Å². The van der Waals surface area contributed by atoms with Crippen molar-refractivity contribution in [2.75, 3.05) is 24.6 Å². The SMILES string of the molecule is CC1CCCN(C(=O)CSc2cc(Cl)ccc2N)C1. The zero-order valence-electron chi connectivity index (χ0n) is 11.1. The number of halogens is 1. The number of nitrogen functional groups attached to an aromatic ring is 1. The van der Waals surface area contributed by atoms with E-state index in [9.17, 15) is 4.79 Å². The normalized spacial score (nSPS) is 19.5. The molecular weight excluding hydrogens is 280 g/mol. The Labute approximate surface area is 123 Å². The maximum absolute atomic E-state index is 12.1. The molecule has 1 amide bonds. The first-order valence-corrected chi connectivity index (χ1v) is 7.88. The second-order valence-corrected chi connectivity index (χ2v) is 6.51. The minimum Gasteiger partial charge on any atom is -0.398 e. The van der Waals surface area contributed by atoms with Gasteiger partial charge in [-0.05, 0) is 37.0 Å². The molecule has 0 saturated carbocycles. The molecule has 1 saturated heterocycles. The predicted octanol–water partition coefficient (Wildman–Crippen LogP) is 3.27. The Morgan fingerprint density at radius 1 is 1.58 bits per heavy atom. The van der Waals surface area contributed by atoms with Gasteiger partial charge in [0.2, 0.25) is 5.91 Å². The number of carbonyl (C=O) groups is 1. The summed E-state index contributed by atoms with van der Waals surface area (Å²) in [6.45, 7) is 3.96. The molecule has 2 N–H and O–H groups in total. The number of hydrogen-bond donors (Lipinski definition) is 1. The van der Waals surface area contributed by atoms with Crippen LogP contribution in [0.1, 0.15) is 19.8 Å². The number of rotatable bonds is 3. The maximum atomic E-state index is 12.1. The summed E-state index contributed by atoms with van der Waals surface area (Å²) in [7, 11) is 0. The van der Waals surface area contributed by atoms with Crippen LogP contribution in [0.5, 0.6) is 0 Å². The monoisotopic (exact) mass is 298 g/mol. The lowest BCUT2D eigenvalue weighted by atomic mass is 10.0. The zero-order chi connectivity index (χ0) is 13.8. The standard InChI is InChI=1S/C14H19ClN2OS/c1-10-3-2-6-17(8-10)14(18)9-19-13-7-11(15)4-5-12(13)16/h4-5,7,10H,2-3,6,8-9,16H2,1H3. The van der Waals surface area contributed by atoms with Crippen LogP contribution in [-0.4, -0.2) is 29.6 Å². The first-order valence-electron chi connectivity index (χ1n) is 6.52. The maximum Gasteiger partial charge on any atom is 0.232 e. The van der Waals surface area contributed by atoms with E-state index in [-0.39, 0.29) is 5.91 Å². The van der Waals surface area contributed by atoms with E-state index in [0.717, 1.165) is 24.4 Å². The molecule has 0 aromatic heterocycles. The molecule has 1 aliphatic rings. The summed E-state index contributed by atoms with van der Waals surface area (Å²) in [5, 5.41) is 0.649. The van der Waals surface area contributed by atoms with Gasteiger partial charge < -0.3 is 10.6 Å². The fourth-order valence-electron chi connectivity index (χ4n) is 2.28. The van der Waals surface area contributed by atoms with Crippen molar-refractivity contribution in [3.63, 3.8) is 0 Å². The number of nitrogens with two attached hydrogens (primary N) is 1. The summed E-state index contributed by atoms with van der Waals surface area (Å²) in [6.07, 6.45) is 2.33. The molecule has 2 rings (SSSR count). The van der Waals surface area contributed by atoms with Crippen LogP contribution in [0.3, 0.4) is 0 Å². The average Bonchev–Trinajstić information content (AvgIpc) is 2.39. The second-order valence-electron chi connectivity index (χ2n) is 5.06. The number of anilines is 1. The first-order chi connectivity index (χ1) is 9.06. The molecule has 1 fully saturated rings. The Morgan fingerprint density at radius 3 is 3.11 bits per heavy atom. The Bertz CT molecular complexity index is 467. The van der Waals surface area contributed by atoms with E-state index in [1.165, 1.54) is 18.2 Å². The van der Waals surface area contributed by atoms with Crippen molar-refractivity contribution in [2.45, 2.75) is 24.7 Å². The minimum atomic E-state index is 0.191. The highest BCUT2D eigenvalue weighted by molar-refractivity contribution is 8.00. The number of nitrogens with zero attached hydrogens (tertiary/aromatic N) is 1. The van der Waals surface area contributed by atoms with Gasteiger partial charge in [-0.2, -0.15) is 0 Å². The molecule has 0 radical (unpaired) electrons. The van der Waals surface area contributed by atoms with E-state index in [4.69, 9.17) is 17.3 Å². The van der Waals surface area contributed by atoms with Crippen molar-refractivity contribution < 1.29 is 4.79 Å². The number of thioether (sulfide) groups is 1. The summed E-state index contributed by atoms with van der Waals surface area (Å²) in [6, 6.07) is 5.35. The van der Waals surface area contributed by atoms with Gasteiger partial charge in [0.1, 0.15) is 0 Å². The van der Waals surface area contributed by atoms with E-state index in [2.05, 4.69) is 6.92 Å². The molecule has 1 atom stereocenters. The van der Waals surface area contributed by atoms with Crippen LogP contribution in [0.2, 0.25) is 5.02 Å². The molecule has 1 aromatic rings. The van der Waals surface area contributed by atoms with Gasteiger partial charge in [0, 0.05) is 28.7 Å². The molecular formula is C14H19ClN2OS. The molecule has 0 bridgehead atoms. The van der Waals surface area contributed by atoms with E-state index in [1.807, 2.05) is 11.0 Å². The number of piperidine rings is 1. The molecule has 104 valence electrons. The van der Waals surface area contributed by atoms with Gasteiger partial charge in [-0.1, -0.05) is 18.5 Å². The highest BCUT2D eigenvalue weighted by Crippen LogP contribution is 2.28. The third-order valence-corrected chi connectivity index (χ3v) is 4.63. The summed E-state index contributed by atoms with van der Waals surface area (Å²) in [5.41, 5.74) is 6.55. The van der Waals surface area contributed by atoms with Crippen LogP contribution in [-0.2, 0) is 4.79 Å². The van der Waals surface area contributed by atoms with E-state index in [0.29, 0.717) is 22.4 Å². The molecule has 0 spiro atoms. The predicted molar refractivity (Wildman–Crippen MR) is 81.6 cm³/mol. The van der Waals surface area contributed by atoms with Crippen molar-refractivity contribution in [1.29, 1.82) is 0 Å². The topological polar surface area (TPSA) is 46.3 Å². The molecule has 5 heteroatoms. The van der Waals surface area contributed by atoms with Crippen LogP contribution in [0.4, 0.5) is 5.69 Å². The van der Waals surface area contributed by atoms with Gasteiger partial charge in [0.15, 0.2) is 0 Å². The lowest BCUT2D eigenvalue weighted by Gasteiger charge is -2.30. The number of likely N-dealkylation sites (tertiary alicyclic amines) is 1. The fourth-order valence-corrected chi connectivity index (χ4v) is 3.42. The molecule has 3 nitrogen and oxygen atoms in total. The highest BCUT2D eigenvalue weighted by Gasteiger charge is 2.20. The number of amides is 1. The van der Waals surface area contributed by atoms with Crippen LogP contribution in [0, 0.1) is 5.92 Å². The van der Waals surface area contributed by atoms with Crippen LogP contribution >= 0.6 is 23.4 Å². The molecule has 1 unspecified atom stereocenters. The van der Waals surface area contributed by atoms with Gasteiger partial charge in [-0.25, -0.2) is 0 Å². The van der Waals surface area contributed by atoms with Crippen LogP contribution < -0.4 is 5.73 Å². The largest absolute Gasteiger partial charge is 0.398 e. The Morgan fingerprint density at radius 2 is 2.37 bits per heavy atom. The van der Waals surface area contributed by atoms with Gasteiger partial charge in [-0.15, -0.1) is 11.8 Å². The van der Waals surface area contributed by atoms with Gasteiger partial charge in [-0.3, -0.25) is 4.79 Å². The van der Waals surface area contributed by atoms with Gasteiger partial charge in [0.25, 0.3) is 0 Å². The summed E-state index contributed by atoms with van der Waals surface area (Å²) >= 11 is 7.40. The summed E-state index contributed by atoms with van der Waals surface area (Å²) in [4.78, 5) is 15.0. The quantitative estimate of drug-likeness (QED) is 0.688. The Balaban J connectivity index is 1.91. The second kappa shape index (κ2) is 6.53. The first kappa shape index (κ1) is 14.5. The van der Waals surface area contributed by atoms with Gasteiger partial charge >= 0.3 is 0 Å². The van der Waals surface area contributed by atoms with Crippen LogP contribution in [0.15, 0.2) is 23.1 Å². The lowest BCUT2D eigenvalue weighted by molar-refractivity contribution is -0.130. The fraction of sp³-hybridized carbons (Fsp3) is 0.500.